The third-order valence-corrected chi connectivity index (χ3v) is 4.41. The zero-order valence-electron chi connectivity index (χ0n) is 14.2. The first-order chi connectivity index (χ1) is 12.0. The maximum Gasteiger partial charge on any atom is 0.335 e. The van der Waals surface area contributed by atoms with Crippen LogP contribution in [0.1, 0.15) is 22.0 Å². The SMILES string of the molecule is CO[C@@H](C(=O)N1CCN(C)c2ccc(C(=O)O)cc21)c1ccccc1. The monoisotopic (exact) mass is 340 g/mol. The van der Waals surface area contributed by atoms with Gasteiger partial charge in [-0.1, -0.05) is 30.3 Å². The van der Waals surface area contributed by atoms with E-state index in [1.807, 2.05) is 42.3 Å². The lowest BCUT2D eigenvalue weighted by Crippen LogP contribution is -2.45. The number of rotatable bonds is 4. The molecule has 1 amide bonds. The van der Waals surface area contributed by atoms with Crippen molar-refractivity contribution in [3.05, 3.63) is 59.7 Å². The van der Waals surface area contributed by atoms with E-state index in [1.165, 1.54) is 7.11 Å². The van der Waals surface area contributed by atoms with Crippen LogP contribution in [-0.4, -0.2) is 44.2 Å². The lowest BCUT2D eigenvalue weighted by Gasteiger charge is -2.37. The average molecular weight is 340 g/mol. The molecule has 25 heavy (non-hydrogen) atoms. The number of hydrogen-bond acceptors (Lipinski definition) is 4. The van der Waals surface area contributed by atoms with E-state index in [0.717, 1.165) is 11.3 Å². The molecular weight excluding hydrogens is 320 g/mol. The Bertz CT molecular complexity index is 791. The van der Waals surface area contributed by atoms with Gasteiger partial charge in [0.2, 0.25) is 0 Å². The lowest BCUT2D eigenvalue weighted by atomic mass is 10.0. The molecule has 0 bridgehead atoms. The van der Waals surface area contributed by atoms with Crippen molar-refractivity contribution in [1.29, 1.82) is 0 Å². The highest BCUT2D eigenvalue weighted by Gasteiger charge is 2.31. The average Bonchev–Trinajstić information content (AvgIpc) is 2.63. The molecule has 0 radical (unpaired) electrons. The molecule has 1 N–H and O–H groups in total. The normalized spacial score (nSPS) is 14.8. The minimum atomic E-state index is -1.02. The van der Waals surface area contributed by atoms with E-state index < -0.39 is 12.1 Å². The summed E-state index contributed by atoms with van der Waals surface area (Å²) in [7, 11) is 3.42. The fourth-order valence-electron chi connectivity index (χ4n) is 3.06. The van der Waals surface area contributed by atoms with Crippen LogP contribution >= 0.6 is 0 Å². The molecule has 0 saturated carbocycles. The summed E-state index contributed by atoms with van der Waals surface area (Å²) in [5.74, 6) is -1.22. The van der Waals surface area contributed by atoms with Crippen molar-refractivity contribution in [2.24, 2.45) is 0 Å². The van der Waals surface area contributed by atoms with Crippen molar-refractivity contribution in [3.63, 3.8) is 0 Å². The molecule has 0 aromatic heterocycles. The van der Waals surface area contributed by atoms with E-state index in [4.69, 9.17) is 4.74 Å². The molecule has 0 unspecified atom stereocenters. The van der Waals surface area contributed by atoms with Crippen LogP contribution in [0.5, 0.6) is 0 Å². The van der Waals surface area contributed by atoms with Crippen molar-refractivity contribution in [1.82, 2.24) is 0 Å². The predicted octanol–water partition coefficient (Wildman–Crippen LogP) is 2.56. The molecule has 0 saturated heterocycles. The number of benzene rings is 2. The highest BCUT2D eigenvalue weighted by molar-refractivity contribution is 6.02. The fraction of sp³-hybridized carbons (Fsp3) is 0.263. The number of carboxylic acids is 1. The van der Waals surface area contributed by atoms with Crippen LogP contribution in [0.25, 0.3) is 0 Å². The van der Waals surface area contributed by atoms with Gasteiger partial charge in [0.05, 0.1) is 16.9 Å². The highest BCUT2D eigenvalue weighted by Crippen LogP contribution is 2.35. The van der Waals surface area contributed by atoms with E-state index in [0.29, 0.717) is 18.8 Å². The number of carbonyl (C=O) groups is 2. The number of amides is 1. The van der Waals surface area contributed by atoms with E-state index in [-0.39, 0.29) is 11.5 Å². The topological polar surface area (TPSA) is 70.1 Å². The molecule has 6 nitrogen and oxygen atoms in total. The quantitative estimate of drug-likeness (QED) is 0.926. The molecule has 2 aromatic carbocycles. The first-order valence-electron chi connectivity index (χ1n) is 8.00. The summed E-state index contributed by atoms with van der Waals surface area (Å²) in [6.45, 7) is 1.13. The van der Waals surface area contributed by atoms with E-state index in [1.54, 1.807) is 23.1 Å². The third-order valence-electron chi connectivity index (χ3n) is 4.41. The number of carboxylic acid groups (broad SMARTS) is 1. The Hall–Kier alpha value is -2.86. The molecule has 1 aliphatic heterocycles. The van der Waals surface area contributed by atoms with Crippen molar-refractivity contribution in [3.8, 4) is 0 Å². The van der Waals surface area contributed by atoms with Gasteiger partial charge in [0.15, 0.2) is 6.10 Å². The molecule has 0 spiro atoms. The number of methoxy groups -OCH3 is 1. The smallest absolute Gasteiger partial charge is 0.335 e. The Morgan fingerprint density at radius 3 is 2.44 bits per heavy atom. The molecule has 3 rings (SSSR count). The second kappa shape index (κ2) is 6.94. The van der Waals surface area contributed by atoms with Gasteiger partial charge in [0, 0.05) is 27.2 Å². The van der Waals surface area contributed by atoms with Crippen molar-refractivity contribution in [2.75, 3.05) is 37.0 Å². The number of hydrogen-bond donors (Lipinski definition) is 1. The molecule has 2 aromatic rings. The van der Waals surface area contributed by atoms with Crippen LogP contribution < -0.4 is 9.80 Å². The van der Waals surface area contributed by atoms with Gasteiger partial charge >= 0.3 is 5.97 Å². The molecule has 130 valence electrons. The summed E-state index contributed by atoms with van der Waals surface area (Å²) in [5.41, 5.74) is 2.34. The number of aromatic carboxylic acids is 1. The second-order valence-corrected chi connectivity index (χ2v) is 5.95. The summed E-state index contributed by atoms with van der Waals surface area (Å²) < 4.78 is 5.45. The minimum absolute atomic E-state index is 0.153. The van der Waals surface area contributed by atoms with Crippen LogP contribution in [0.4, 0.5) is 11.4 Å². The maximum absolute atomic E-state index is 13.1. The van der Waals surface area contributed by atoms with Gasteiger partial charge in [0.25, 0.3) is 5.91 Å². The summed E-state index contributed by atoms with van der Waals surface area (Å²) in [4.78, 5) is 28.1. The molecule has 1 heterocycles. The van der Waals surface area contributed by atoms with Gasteiger partial charge < -0.3 is 19.6 Å². The maximum atomic E-state index is 13.1. The molecule has 1 atom stereocenters. The van der Waals surface area contributed by atoms with Crippen LogP contribution in [0, 0.1) is 0 Å². The Morgan fingerprint density at radius 2 is 1.80 bits per heavy atom. The lowest BCUT2D eigenvalue weighted by molar-refractivity contribution is -0.128. The zero-order valence-corrected chi connectivity index (χ0v) is 14.2. The van der Waals surface area contributed by atoms with Gasteiger partial charge in [-0.25, -0.2) is 4.79 Å². The van der Waals surface area contributed by atoms with Crippen LogP contribution in [-0.2, 0) is 9.53 Å². The highest BCUT2D eigenvalue weighted by atomic mass is 16.5. The number of ether oxygens (including phenoxy) is 1. The summed E-state index contributed by atoms with van der Waals surface area (Å²) in [6.07, 6.45) is -0.731. The Morgan fingerprint density at radius 1 is 1.08 bits per heavy atom. The van der Waals surface area contributed by atoms with E-state index in [2.05, 4.69) is 0 Å². The predicted molar refractivity (Wildman–Crippen MR) is 95.2 cm³/mol. The van der Waals surface area contributed by atoms with Crippen molar-refractivity contribution < 1.29 is 19.4 Å². The number of likely N-dealkylation sites (N-methyl/N-ethyl adjacent to an activating group) is 1. The van der Waals surface area contributed by atoms with Gasteiger partial charge in [-0.15, -0.1) is 0 Å². The Kier molecular flexibility index (Phi) is 4.72. The Labute approximate surface area is 146 Å². The fourth-order valence-corrected chi connectivity index (χ4v) is 3.06. The standard InChI is InChI=1S/C19H20N2O4/c1-20-10-11-21(16-12-14(19(23)24)8-9-15(16)20)18(22)17(25-2)13-6-4-3-5-7-13/h3-9,12,17H,10-11H2,1-2H3,(H,23,24)/t17-/m1/s1. The third kappa shape index (κ3) is 3.21. The number of fused-ring (bicyclic) bond motifs is 1. The summed E-state index contributed by atoms with van der Waals surface area (Å²) >= 11 is 0. The van der Waals surface area contributed by atoms with Gasteiger partial charge in [-0.2, -0.15) is 0 Å². The van der Waals surface area contributed by atoms with E-state index in [9.17, 15) is 14.7 Å². The second-order valence-electron chi connectivity index (χ2n) is 5.95. The van der Waals surface area contributed by atoms with Gasteiger partial charge in [-0.3, -0.25) is 4.79 Å². The van der Waals surface area contributed by atoms with Crippen LogP contribution in [0.3, 0.4) is 0 Å². The molecule has 0 aliphatic carbocycles. The largest absolute Gasteiger partial charge is 0.478 e. The molecule has 0 fully saturated rings. The first kappa shape index (κ1) is 17.0. The van der Waals surface area contributed by atoms with Crippen LogP contribution in [0.2, 0.25) is 0 Å². The molecular formula is C19H20N2O4. The van der Waals surface area contributed by atoms with Gasteiger partial charge in [-0.05, 0) is 23.8 Å². The number of anilines is 2. The Balaban J connectivity index is 2.00. The summed E-state index contributed by atoms with van der Waals surface area (Å²) in [6, 6.07) is 14.1. The molecule has 1 aliphatic rings. The van der Waals surface area contributed by atoms with Crippen molar-refractivity contribution in [2.45, 2.75) is 6.10 Å². The van der Waals surface area contributed by atoms with Gasteiger partial charge in [0.1, 0.15) is 0 Å². The first-order valence-corrected chi connectivity index (χ1v) is 8.00. The summed E-state index contributed by atoms with van der Waals surface area (Å²) in [5, 5.41) is 9.27. The van der Waals surface area contributed by atoms with Crippen LogP contribution in [0.15, 0.2) is 48.5 Å². The molecule has 6 heteroatoms. The number of nitrogens with zero attached hydrogens (tertiary/aromatic N) is 2. The minimum Gasteiger partial charge on any atom is -0.478 e. The zero-order chi connectivity index (χ0) is 18.0. The number of carbonyl (C=O) groups excluding carboxylic acids is 1. The van der Waals surface area contributed by atoms with E-state index >= 15 is 0 Å². The van der Waals surface area contributed by atoms with Crippen molar-refractivity contribution >= 4 is 23.3 Å².